The van der Waals surface area contributed by atoms with Crippen LogP contribution in [0.25, 0.3) is 11.3 Å². The van der Waals surface area contributed by atoms with Gasteiger partial charge in [-0.2, -0.15) is 0 Å². The first-order valence-electron chi connectivity index (χ1n) is 6.50. The molecule has 1 heterocycles. The van der Waals surface area contributed by atoms with Crippen molar-refractivity contribution >= 4 is 29.9 Å². The number of nitrogens with two attached hydrogens (primary N) is 1. The molecule has 0 spiro atoms. The fourth-order valence-corrected chi connectivity index (χ4v) is 2.01. The summed E-state index contributed by atoms with van der Waals surface area (Å²) in [5.74, 6) is 0.251. The van der Waals surface area contributed by atoms with Crippen molar-refractivity contribution in [1.29, 1.82) is 0 Å². The molecule has 3 rings (SSSR count). The van der Waals surface area contributed by atoms with E-state index in [4.69, 9.17) is 5.73 Å². The highest BCUT2D eigenvalue weighted by Crippen LogP contribution is 2.20. The van der Waals surface area contributed by atoms with Gasteiger partial charge in [-0.3, -0.25) is 4.79 Å². The quantitative estimate of drug-likeness (QED) is 0.693. The van der Waals surface area contributed by atoms with Crippen molar-refractivity contribution in [2.45, 2.75) is 0 Å². The number of nitrogens with one attached hydrogen (secondary N) is 2. The van der Waals surface area contributed by atoms with E-state index < -0.39 is 0 Å². The average Bonchev–Trinajstić information content (AvgIpc) is 2.95. The summed E-state index contributed by atoms with van der Waals surface area (Å²) < 4.78 is 0. The summed E-state index contributed by atoms with van der Waals surface area (Å²) in [4.78, 5) is 18.9. The Kier molecular flexibility index (Phi) is 4.80. The van der Waals surface area contributed by atoms with Gasteiger partial charge in [-0.1, -0.05) is 30.3 Å². The fraction of sp³-hybridized carbons (Fsp3) is 0. The number of benzene rings is 2. The van der Waals surface area contributed by atoms with E-state index in [1.165, 1.54) is 0 Å². The number of rotatable bonds is 3. The van der Waals surface area contributed by atoms with Crippen LogP contribution in [0.15, 0.2) is 60.8 Å². The minimum atomic E-state index is -0.130. The van der Waals surface area contributed by atoms with Gasteiger partial charge in [0.2, 0.25) is 0 Å². The van der Waals surface area contributed by atoms with Crippen molar-refractivity contribution in [3.05, 3.63) is 66.4 Å². The molecule has 6 heteroatoms. The van der Waals surface area contributed by atoms with E-state index in [0.29, 0.717) is 11.5 Å². The monoisotopic (exact) mass is 314 g/mol. The summed E-state index contributed by atoms with van der Waals surface area (Å²) in [7, 11) is 0. The zero-order valence-electron chi connectivity index (χ0n) is 11.6. The van der Waals surface area contributed by atoms with Crippen molar-refractivity contribution in [2.24, 2.45) is 0 Å². The molecule has 5 nitrogen and oxygen atoms in total. The maximum absolute atomic E-state index is 12.0. The maximum atomic E-state index is 12.0. The summed E-state index contributed by atoms with van der Waals surface area (Å²) in [5, 5.41) is 2.85. The predicted molar refractivity (Wildman–Crippen MR) is 90.1 cm³/mol. The molecule has 0 aliphatic carbocycles. The number of amides is 1. The molecule has 0 fully saturated rings. The number of aromatic nitrogens is 2. The summed E-state index contributed by atoms with van der Waals surface area (Å²) in [6.45, 7) is 0. The molecule has 0 aliphatic heterocycles. The second-order valence-electron chi connectivity index (χ2n) is 4.58. The first-order chi connectivity index (χ1) is 10.2. The van der Waals surface area contributed by atoms with E-state index in [2.05, 4.69) is 15.3 Å². The van der Waals surface area contributed by atoms with Gasteiger partial charge in [0, 0.05) is 11.3 Å². The second-order valence-corrected chi connectivity index (χ2v) is 4.58. The summed E-state index contributed by atoms with van der Waals surface area (Å²) in [6.07, 6.45) is 1.67. The number of imidazole rings is 1. The fourth-order valence-electron chi connectivity index (χ4n) is 2.01. The lowest BCUT2D eigenvalue weighted by Crippen LogP contribution is -2.11. The Balaban J connectivity index is 0.00000176. The molecule has 1 amide bonds. The van der Waals surface area contributed by atoms with Crippen molar-refractivity contribution in [2.75, 3.05) is 11.1 Å². The van der Waals surface area contributed by atoms with Crippen molar-refractivity contribution in [3.8, 4) is 11.3 Å². The van der Waals surface area contributed by atoms with Crippen molar-refractivity contribution in [3.63, 3.8) is 0 Å². The van der Waals surface area contributed by atoms with Crippen molar-refractivity contribution in [1.82, 2.24) is 9.97 Å². The van der Waals surface area contributed by atoms with Crippen LogP contribution in [-0.4, -0.2) is 15.9 Å². The summed E-state index contributed by atoms with van der Waals surface area (Å²) in [5.41, 5.74) is 8.71. The van der Waals surface area contributed by atoms with Crippen LogP contribution in [0.5, 0.6) is 0 Å². The number of carbonyl (C=O) groups is 1. The minimum absolute atomic E-state index is 0. The van der Waals surface area contributed by atoms with Crippen molar-refractivity contribution < 1.29 is 4.79 Å². The standard InChI is InChI=1S/C16H14N4O.ClH/c17-16-18-10-14(20-16)11-6-8-13(9-7-11)19-15(21)12-4-2-1-3-5-12;/h1-10H,(H,19,21)(H3,17,18,20);1H. The zero-order chi connectivity index (χ0) is 14.7. The number of nitrogens with zero attached hydrogens (tertiary/aromatic N) is 1. The Morgan fingerprint density at radius 1 is 1.05 bits per heavy atom. The molecular formula is C16H15ClN4O. The molecular weight excluding hydrogens is 300 g/mol. The number of carbonyl (C=O) groups excluding carboxylic acids is 1. The predicted octanol–water partition coefficient (Wildman–Crippen LogP) is 3.33. The largest absolute Gasteiger partial charge is 0.369 e. The van der Waals surface area contributed by atoms with E-state index in [1.807, 2.05) is 42.5 Å². The molecule has 0 saturated carbocycles. The van der Waals surface area contributed by atoms with Gasteiger partial charge in [-0.05, 0) is 29.8 Å². The molecule has 0 atom stereocenters. The third kappa shape index (κ3) is 3.45. The van der Waals surface area contributed by atoms with E-state index in [9.17, 15) is 4.79 Å². The number of hydrogen-bond donors (Lipinski definition) is 3. The highest BCUT2D eigenvalue weighted by molar-refractivity contribution is 6.04. The molecule has 3 aromatic rings. The van der Waals surface area contributed by atoms with Crippen LogP contribution in [0.1, 0.15) is 10.4 Å². The van der Waals surface area contributed by atoms with E-state index in [-0.39, 0.29) is 18.3 Å². The van der Waals surface area contributed by atoms with Crippen LogP contribution in [-0.2, 0) is 0 Å². The normalized spacial score (nSPS) is 9.82. The lowest BCUT2D eigenvalue weighted by Gasteiger charge is -2.06. The lowest BCUT2D eigenvalue weighted by atomic mass is 10.1. The van der Waals surface area contributed by atoms with Gasteiger partial charge in [-0.15, -0.1) is 12.4 Å². The lowest BCUT2D eigenvalue weighted by molar-refractivity contribution is 0.102. The van der Waals surface area contributed by atoms with Gasteiger partial charge >= 0.3 is 0 Å². The number of anilines is 2. The first kappa shape index (κ1) is 15.6. The third-order valence-corrected chi connectivity index (χ3v) is 3.09. The topological polar surface area (TPSA) is 83.8 Å². The van der Waals surface area contributed by atoms with Gasteiger partial charge in [0.25, 0.3) is 5.91 Å². The molecule has 0 saturated heterocycles. The minimum Gasteiger partial charge on any atom is -0.369 e. The van der Waals surface area contributed by atoms with Gasteiger partial charge in [0.05, 0.1) is 11.9 Å². The highest BCUT2D eigenvalue weighted by Gasteiger charge is 2.06. The second kappa shape index (κ2) is 6.78. The van der Waals surface area contributed by atoms with E-state index >= 15 is 0 Å². The van der Waals surface area contributed by atoms with Crippen LogP contribution < -0.4 is 11.1 Å². The number of aromatic amines is 1. The molecule has 112 valence electrons. The van der Waals surface area contributed by atoms with Gasteiger partial charge in [-0.25, -0.2) is 4.98 Å². The summed E-state index contributed by atoms with van der Waals surface area (Å²) in [6, 6.07) is 16.6. The molecule has 22 heavy (non-hydrogen) atoms. The average molecular weight is 315 g/mol. The van der Waals surface area contributed by atoms with Crippen LogP contribution in [0, 0.1) is 0 Å². The number of nitrogen functional groups attached to an aromatic ring is 1. The molecule has 0 unspecified atom stereocenters. The van der Waals surface area contributed by atoms with Crippen LogP contribution in [0.4, 0.5) is 11.6 Å². The Hall–Kier alpha value is -2.79. The van der Waals surface area contributed by atoms with Crippen LogP contribution >= 0.6 is 12.4 Å². The molecule has 4 N–H and O–H groups in total. The molecule has 0 aliphatic rings. The Morgan fingerprint density at radius 3 is 2.32 bits per heavy atom. The van der Waals surface area contributed by atoms with E-state index in [0.717, 1.165) is 16.9 Å². The Morgan fingerprint density at radius 2 is 1.73 bits per heavy atom. The van der Waals surface area contributed by atoms with Gasteiger partial charge in [0.1, 0.15) is 0 Å². The Bertz CT molecular complexity index is 753. The number of halogens is 1. The molecule has 0 bridgehead atoms. The molecule has 1 aromatic heterocycles. The maximum Gasteiger partial charge on any atom is 0.255 e. The van der Waals surface area contributed by atoms with Crippen LogP contribution in [0.3, 0.4) is 0 Å². The third-order valence-electron chi connectivity index (χ3n) is 3.09. The number of H-pyrrole nitrogens is 1. The SMILES string of the molecule is Cl.Nc1ncc(-c2ccc(NC(=O)c3ccccc3)cc2)[nH]1. The number of hydrogen-bond acceptors (Lipinski definition) is 3. The zero-order valence-corrected chi connectivity index (χ0v) is 12.4. The van der Waals surface area contributed by atoms with Crippen LogP contribution in [0.2, 0.25) is 0 Å². The summed E-state index contributed by atoms with van der Waals surface area (Å²) >= 11 is 0. The molecule has 2 aromatic carbocycles. The smallest absolute Gasteiger partial charge is 0.255 e. The first-order valence-corrected chi connectivity index (χ1v) is 6.50. The molecule has 0 radical (unpaired) electrons. The van der Waals surface area contributed by atoms with Gasteiger partial charge in [0.15, 0.2) is 5.95 Å². The highest BCUT2D eigenvalue weighted by atomic mass is 35.5. The van der Waals surface area contributed by atoms with E-state index in [1.54, 1.807) is 18.3 Å². The van der Waals surface area contributed by atoms with Gasteiger partial charge < -0.3 is 16.0 Å². The Labute approximate surface area is 134 Å².